The van der Waals surface area contributed by atoms with Crippen LogP contribution < -0.4 is 5.32 Å². The minimum atomic E-state index is -0.321. The number of rotatable bonds is 6. The highest BCUT2D eigenvalue weighted by molar-refractivity contribution is 5.98. The maximum Gasteiger partial charge on any atom is 0.257 e. The first kappa shape index (κ1) is 19.6. The first-order valence-corrected chi connectivity index (χ1v) is 9.86. The van der Waals surface area contributed by atoms with Crippen LogP contribution >= 0.6 is 0 Å². The molecule has 30 heavy (non-hydrogen) atoms. The van der Waals surface area contributed by atoms with Crippen molar-refractivity contribution in [1.82, 2.24) is 19.7 Å². The highest BCUT2D eigenvalue weighted by atomic mass is 19.1. The summed E-state index contributed by atoms with van der Waals surface area (Å²) in [6.45, 7) is 4.40. The molecule has 2 aromatic carbocycles. The summed E-state index contributed by atoms with van der Waals surface area (Å²) in [5, 5.41) is 7.63. The smallest absolute Gasteiger partial charge is 0.257 e. The number of nitrogens with zero attached hydrogens (tertiary/aromatic N) is 3. The summed E-state index contributed by atoms with van der Waals surface area (Å²) >= 11 is 0. The zero-order valence-electron chi connectivity index (χ0n) is 16.9. The molecule has 0 saturated carbocycles. The lowest BCUT2D eigenvalue weighted by atomic mass is 10.0. The van der Waals surface area contributed by atoms with E-state index in [-0.39, 0.29) is 17.6 Å². The molecule has 1 N–H and O–H groups in total. The van der Waals surface area contributed by atoms with Gasteiger partial charge in [-0.05, 0) is 54.8 Å². The summed E-state index contributed by atoms with van der Waals surface area (Å²) in [4.78, 5) is 13.2. The molecule has 0 aliphatic carbocycles. The van der Waals surface area contributed by atoms with Crippen LogP contribution in [0.15, 0.2) is 79.1 Å². The summed E-state index contributed by atoms with van der Waals surface area (Å²) in [5.41, 5.74) is 2.95. The Morgan fingerprint density at radius 3 is 2.37 bits per heavy atom. The van der Waals surface area contributed by atoms with Crippen molar-refractivity contribution in [3.63, 3.8) is 0 Å². The topological polar surface area (TPSA) is 51.9 Å². The number of hydrogen-bond donors (Lipinski definition) is 1. The monoisotopic (exact) mass is 402 g/mol. The maximum absolute atomic E-state index is 13.4. The fourth-order valence-electron chi connectivity index (χ4n) is 3.49. The third-order valence-corrected chi connectivity index (χ3v) is 5.12. The summed E-state index contributed by atoms with van der Waals surface area (Å²) in [5.74, 6) is 0.289. The van der Waals surface area contributed by atoms with E-state index in [1.165, 1.54) is 17.7 Å². The molecule has 1 amide bonds. The molecule has 2 aromatic heterocycles. The Hall–Kier alpha value is -3.67. The fourth-order valence-corrected chi connectivity index (χ4v) is 3.49. The van der Waals surface area contributed by atoms with Crippen LogP contribution in [0.25, 0.3) is 11.5 Å². The van der Waals surface area contributed by atoms with Gasteiger partial charge in [0.2, 0.25) is 0 Å². The van der Waals surface area contributed by atoms with E-state index in [1.54, 1.807) is 16.8 Å². The standard InChI is InChI=1S/C24H23FN4O/c1-17(19-8-4-3-5-9-19)16-26-23(30)22-18(2)27-29(21-12-10-20(25)11-13-21)24(22)28-14-6-7-15-28/h3-15,17H,16H2,1-2H3,(H,26,30). The van der Waals surface area contributed by atoms with Gasteiger partial charge < -0.3 is 9.88 Å². The van der Waals surface area contributed by atoms with E-state index in [9.17, 15) is 9.18 Å². The third-order valence-electron chi connectivity index (χ3n) is 5.12. The first-order valence-electron chi connectivity index (χ1n) is 9.86. The molecule has 0 saturated heterocycles. The highest BCUT2D eigenvalue weighted by Crippen LogP contribution is 2.23. The molecule has 0 bridgehead atoms. The normalized spacial score (nSPS) is 12.0. The largest absolute Gasteiger partial charge is 0.351 e. The SMILES string of the molecule is Cc1nn(-c2ccc(F)cc2)c(-n2cccc2)c1C(=O)NCC(C)c1ccccc1. The van der Waals surface area contributed by atoms with Crippen molar-refractivity contribution in [2.24, 2.45) is 0 Å². The molecule has 4 rings (SSSR count). The quantitative estimate of drug-likeness (QED) is 0.511. The zero-order chi connectivity index (χ0) is 21.1. The molecule has 152 valence electrons. The number of carbonyl (C=O) groups excluding carboxylic acids is 1. The van der Waals surface area contributed by atoms with Gasteiger partial charge in [-0.3, -0.25) is 4.79 Å². The molecule has 0 spiro atoms. The molecular formula is C24H23FN4O. The Balaban J connectivity index is 1.67. The van der Waals surface area contributed by atoms with E-state index in [0.717, 1.165) is 0 Å². The number of nitrogens with one attached hydrogen (secondary N) is 1. The number of benzene rings is 2. The Bertz CT molecular complexity index is 1130. The van der Waals surface area contributed by atoms with Gasteiger partial charge in [-0.1, -0.05) is 37.3 Å². The van der Waals surface area contributed by atoms with Gasteiger partial charge in [0, 0.05) is 18.9 Å². The molecule has 4 aromatic rings. The minimum absolute atomic E-state index is 0.178. The molecule has 1 atom stereocenters. The molecule has 0 fully saturated rings. The van der Waals surface area contributed by atoms with Crippen molar-refractivity contribution >= 4 is 5.91 Å². The zero-order valence-corrected chi connectivity index (χ0v) is 16.9. The molecule has 6 heteroatoms. The van der Waals surface area contributed by atoms with Gasteiger partial charge in [-0.2, -0.15) is 5.10 Å². The third kappa shape index (κ3) is 3.89. The van der Waals surface area contributed by atoms with Gasteiger partial charge in [0.15, 0.2) is 5.82 Å². The van der Waals surface area contributed by atoms with Crippen molar-refractivity contribution in [1.29, 1.82) is 0 Å². The van der Waals surface area contributed by atoms with E-state index in [0.29, 0.717) is 29.3 Å². The summed E-state index contributed by atoms with van der Waals surface area (Å²) in [6.07, 6.45) is 3.72. The number of amides is 1. The molecule has 1 unspecified atom stereocenters. The van der Waals surface area contributed by atoms with E-state index in [1.807, 2.05) is 54.2 Å². The average Bonchev–Trinajstić information content (AvgIpc) is 3.40. The number of carbonyl (C=O) groups is 1. The lowest BCUT2D eigenvalue weighted by Crippen LogP contribution is -2.28. The van der Waals surface area contributed by atoms with Crippen LogP contribution in [0.1, 0.15) is 34.5 Å². The number of aromatic nitrogens is 3. The minimum Gasteiger partial charge on any atom is -0.351 e. The van der Waals surface area contributed by atoms with Crippen LogP contribution in [0.5, 0.6) is 0 Å². The van der Waals surface area contributed by atoms with Crippen molar-refractivity contribution < 1.29 is 9.18 Å². The van der Waals surface area contributed by atoms with Crippen LogP contribution in [0, 0.1) is 12.7 Å². The van der Waals surface area contributed by atoms with Crippen LogP contribution in [0.3, 0.4) is 0 Å². The van der Waals surface area contributed by atoms with Crippen LogP contribution in [-0.2, 0) is 0 Å². The Kier molecular flexibility index (Phi) is 5.48. The molecule has 0 aliphatic rings. The van der Waals surface area contributed by atoms with Gasteiger partial charge in [0.05, 0.1) is 11.4 Å². The van der Waals surface area contributed by atoms with Gasteiger partial charge in [0.1, 0.15) is 11.4 Å². The molecule has 2 heterocycles. The summed E-state index contributed by atoms with van der Waals surface area (Å²) < 4.78 is 16.9. The van der Waals surface area contributed by atoms with Crippen LogP contribution in [0.2, 0.25) is 0 Å². The molecular weight excluding hydrogens is 379 g/mol. The number of aryl methyl sites for hydroxylation is 1. The predicted molar refractivity (Wildman–Crippen MR) is 115 cm³/mol. The Labute approximate surface area is 174 Å². The lowest BCUT2D eigenvalue weighted by Gasteiger charge is -2.14. The maximum atomic E-state index is 13.4. The second-order valence-corrected chi connectivity index (χ2v) is 7.28. The predicted octanol–water partition coefficient (Wildman–Crippen LogP) is 4.64. The van der Waals surface area contributed by atoms with Crippen molar-refractivity contribution in [3.05, 3.63) is 102 Å². The average molecular weight is 402 g/mol. The number of halogens is 1. The Morgan fingerprint density at radius 1 is 1.03 bits per heavy atom. The van der Waals surface area contributed by atoms with Crippen molar-refractivity contribution in [2.45, 2.75) is 19.8 Å². The number of hydrogen-bond acceptors (Lipinski definition) is 2. The molecule has 5 nitrogen and oxygen atoms in total. The van der Waals surface area contributed by atoms with Crippen molar-refractivity contribution in [2.75, 3.05) is 6.54 Å². The second-order valence-electron chi connectivity index (χ2n) is 7.28. The van der Waals surface area contributed by atoms with E-state index >= 15 is 0 Å². The van der Waals surface area contributed by atoms with Gasteiger partial charge in [0.25, 0.3) is 5.91 Å². The van der Waals surface area contributed by atoms with Crippen molar-refractivity contribution in [3.8, 4) is 11.5 Å². The summed E-state index contributed by atoms with van der Waals surface area (Å²) in [6, 6.07) is 19.9. The van der Waals surface area contributed by atoms with Gasteiger partial charge >= 0.3 is 0 Å². The Morgan fingerprint density at radius 2 is 1.70 bits per heavy atom. The van der Waals surface area contributed by atoms with Crippen LogP contribution in [0.4, 0.5) is 4.39 Å². The van der Waals surface area contributed by atoms with E-state index in [2.05, 4.69) is 29.5 Å². The first-order chi connectivity index (χ1) is 14.5. The second kappa shape index (κ2) is 8.37. The van der Waals surface area contributed by atoms with Crippen LogP contribution in [-0.4, -0.2) is 26.8 Å². The summed E-state index contributed by atoms with van der Waals surface area (Å²) in [7, 11) is 0. The highest BCUT2D eigenvalue weighted by Gasteiger charge is 2.24. The fraction of sp³-hybridized carbons (Fsp3) is 0.167. The van der Waals surface area contributed by atoms with E-state index < -0.39 is 0 Å². The lowest BCUT2D eigenvalue weighted by molar-refractivity contribution is 0.0951. The van der Waals surface area contributed by atoms with Gasteiger partial charge in [-0.15, -0.1) is 0 Å². The molecule has 0 aliphatic heterocycles. The van der Waals surface area contributed by atoms with E-state index in [4.69, 9.17) is 0 Å². The van der Waals surface area contributed by atoms with Gasteiger partial charge in [-0.25, -0.2) is 9.07 Å². The molecule has 0 radical (unpaired) electrons.